The fourth-order valence-electron chi connectivity index (χ4n) is 2.17. The van der Waals surface area contributed by atoms with Crippen LogP contribution in [-0.4, -0.2) is 27.2 Å². The maximum atomic E-state index is 12.1. The molecule has 1 aliphatic heterocycles. The van der Waals surface area contributed by atoms with Crippen molar-refractivity contribution in [1.29, 1.82) is 0 Å². The first kappa shape index (κ1) is 11.5. The van der Waals surface area contributed by atoms with Crippen molar-refractivity contribution < 1.29 is 9.59 Å². The van der Waals surface area contributed by atoms with Crippen LogP contribution in [0.1, 0.15) is 33.1 Å². The zero-order chi connectivity index (χ0) is 11.1. The number of hydrogen-bond acceptors (Lipinski definition) is 4. The largest absolute Gasteiger partial charge is 0.297 e. The molecule has 2 rings (SSSR count). The maximum absolute atomic E-state index is 12.1. The monoisotopic (exact) mass is 244 g/mol. The van der Waals surface area contributed by atoms with Gasteiger partial charge in [-0.25, -0.2) is 0 Å². The lowest BCUT2D eigenvalue weighted by Gasteiger charge is -2.41. The molecule has 0 aromatic rings. The Morgan fingerprint density at radius 2 is 1.47 bits per heavy atom. The summed E-state index contributed by atoms with van der Waals surface area (Å²) >= 11 is 3.13. The standard InChI is InChI=1S/C11H16O2S2/c1-10(2)6-8(12)11(9(13)7-10)14-4-3-5-15-11/h3-7H2,1-2H3. The molecule has 2 nitrogen and oxygen atoms in total. The zero-order valence-corrected chi connectivity index (χ0v) is 10.8. The summed E-state index contributed by atoms with van der Waals surface area (Å²) < 4.78 is -0.715. The zero-order valence-electron chi connectivity index (χ0n) is 9.17. The molecule has 0 radical (unpaired) electrons. The average molecular weight is 244 g/mol. The van der Waals surface area contributed by atoms with Crippen LogP contribution < -0.4 is 0 Å². The molecule has 0 amide bonds. The molecule has 2 aliphatic rings. The quantitative estimate of drug-likeness (QED) is 0.613. The Balaban J connectivity index is 2.25. The van der Waals surface area contributed by atoms with Crippen LogP contribution >= 0.6 is 23.5 Å². The van der Waals surface area contributed by atoms with Gasteiger partial charge in [0.1, 0.15) is 0 Å². The van der Waals surface area contributed by atoms with Gasteiger partial charge in [-0.2, -0.15) is 0 Å². The highest BCUT2D eigenvalue weighted by molar-refractivity contribution is 8.21. The molecular weight excluding hydrogens is 228 g/mol. The van der Waals surface area contributed by atoms with Gasteiger partial charge < -0.3 is 0 Å². The minimum absolute atomic E-state index is 0.127. The molecule has 0 N–H and O–H groups in total. The fraction of sp³-hybridized carbons (Fsp3) is 0.818. The lowest BCUT2D eigenvalue weighted by molar-refractivity contribution is -0.133. The van der Waals surface area contributed by atoms with Crippen molar-refractivity contribution in [3.8, 4) is 0 Å². The van der Waals surface area contributed by atoms with E-state index in [1.807, 2.05) is 13.8 Å². The number of carbonyl (C=O) groups is 2. The predicted molar refractivity (Wildman–Crippen MR) is 65.3 cm³/mol. The van der Waals surface area contributed by atoms with Crippen LogP contribution in [0, 0.1) is 5.41 Å². The summed E-state index contributed by atoms with van der Waals surface area (Å²) in [6, 6.07) is 0. The SMILES string of the molecule is CC1(C)CC(=O)C2(SCCCS2)C(=O)C1. The van der Waals surface area contributed by atoms with Crippen LogP contribution in [0.3, 0.4) is 0 Å². The number of rotatable bonds is 0. The molecule has 0 unspecified atom stereocenters. The van der Waals surface area contributed by atoms with Crippen LogP contribution in [0.15, 0.2) is 0 Å². The summed E-state index contributed by atoms with van der Waals surface area (Å²) in [7, 11) is 0. The van der Waals surface area contributed by atoms with E-state index in [2.05, 4.69) is 0 Å². The molecule has 0 aromatic carbocycles. The van der Waals surface area contributed by atoms with E-state index in [9.17, 15) is 9.59 Å². The minimum atomic E-state index is -0.715. The van der Waals surface area contributed by atoms with Crippen LogP contribution in [0.5, 0.6) is 0 Å². The average Bonchev–Trinajstić information content (AvgIpc) is 2.15. The van der Waals surface area contributed by atoms with Gasteiger partial charge in [-0.05, 0) is 23.3 Å². The number of ketones is 2. The van der Waals surface area contributed by atoms with Gasteiger partial charge in [0.05, 0.1) is 0 Å². The number of carbonyl (C=O) groups excluding carboxylic acids is 2. The van der Waals surface area contributed by atoms with Crippen molar-refractivity contribution in [2.24, 2.45) is 5.41 Å². The highest BCUT2D eigenvalue weighted by Gasteiger charge is 2.53. The summed E-state index contributed by atoms with van der Waals surface area (Å²) in [5.41, 5.74) is -0.127. The molecule has 84 valence electrons. The van der Waals surface area contributed by atoms with E-state index in [0.717, 1.165) is 17.9 Å². The van der Waals surface area contributed by atoms with Crippen molar-refractivity contribution >= 4 is 35.1 Å². The first-order valence-corrected chi connectivity index (χ1v) is 7.28. The van der Waals surface area contributed by atoms with Crippen molar-refractivity contribution in [2.75, 3.05) is 11.5 Å². The third kappa shape index (κ3) is 1.98. The summed E-state index contributed by atoms with van der Waals surface area (Å²) in [6.07, 6.45) is 2.22. The van der Waals surface area contributed by atoms with Gasteiger partial charge in [-0.15, -0.1) is 23.5 Å². The highest BCUT2D eigenvalue weighted by Crippen LogP contribution is 2.51. The molecule has 1 aliphatic carbocycles. The molecule has 0 atom stereocenters. The molecular formula is C11H16O2S2. The van der Waals surface area contributed by atoms with Gasteiger partial charge in [0, 0.05) is 12.8 Å². The van der Waals surface area contributed by atoms with Gasteiger partial charge in [0.15, 0.2) is 15.6 Å². The van der Waals surface area contributed by atoms with E-state index in [1.165, 1.54) is 0 Å². The van der Waals surface area contributed by atoms with Crippen molar-refractivity contribution in [3.05, 3.63) is 0 Å². The van der Waals surface area contributed by atoms with Gasteiger partial charge in [-0.3, -0.25) is 9.59 Å². The molecule has 15 heavy (non-hydrogen) atoms. The minimum Gasteiger partial charge on any atom is -0.297 e. The van der Waals surface area contributed by atoms with Crippen LogP contribution in [0.4, 0.5) is 0 Å². The molecule has 2 fully saturated rings. The number of thioether (sulfide) groups is 2. The Kier molecular flexibility index (Phi) is 2.93. The van der Waals surface area contributed by atoms with Crippen LogP contribution in [0.2, 0.25) is 0 Å². The molecule has 1 spiro atoms. The Morgan fingerprint density at radius 1 is 1.00 bits per heavy atom. The second-order valence-electron chi connectivity index (χ2n) is 5.03. The van der Waals surface area contributed by atoms with E-state index in [0.29, 0.717) is 12.8 Å². The maximum Gasteiger partial charge on any atom is 0.178 e. The number of Topliss-reactive ketones (excluding diaryl/α,β-unsaturated/α-hetero) is 2. The summed E-state index contributed by atoms with van der Waals surface area (Å²) in [4.78, 5) is 24.3. The first-order chi connectivity index (χ1) is 6.96. The second kappa shape index (κ2) is 3.81. The molecule has 0 bridgehead atoms. The summed E-state index contributed by atoms with van der Waals surface area (Å²) in [5.74, 6) is 2.20. The number of hydrogen-bond donors (Lipinski definition) is 0. The van der Waals surface area contributed by atoms with Gasteiger partial charge in [0.25, 0.3) is 0 Å². The van der Waals surface area contributed by atoms with Crippen molar-refractivity contribution in [1.82, 2.24) is 0 Å². The van der Waals surface area contributed by atoms with Gasteiger partial charge in [-0.1, -0.05) is 13.8 Å². The Labute approximate surface area is 98.9 Å². The lowest BCUT2D eigenvalue weighted by Crippen LogP contribution is -2.50. The third-order valence-corrected chi connectivity index (χ3v) is 6.33. The Morgan fingerprint density at radius 3 is 1.93 bits per heavy atom. The highest BCUT2D eigenvalue weighted by atomic mass is 32.2. The predicted octanol–water partition coefficient (Wildman–Crippen LogP) is 2.51. The fourth-order valence-corrected chi connectivity index (χ4v) is 5.28. The molecule has 1 saturated heterocycles. The Hall–Kier alpha value is 0.0400. The Bertz CT molecular complexity index is 282. The van der Waals surface area contributed by atoms with Gasteiger partial charge in [0.2, 0.25) is 0 Å². The van der Waals surface area contributed by atoms with Crippen molar-refractivity contribution in [3.63, 3.8) is 0 Å². The van der Waals surface area contributed by atoms with Crippen molar-refractivity contribution in [2.45, 2.75) is 37.2 Å². The molecule has 1 saturated carbocycles. The van der Waals surface area contributed by atoms with E-state index in [4.69, 9.17) is 0 Å². The molecule has 4 heteroatoms. The third-order valence-electron chi connectivity index (χ3n) is 2.91. The molecule has 0 aromatic heterocycles. The van der Waals surface area contributed by atoms with E-state index in [1.54, 1.807) is 23.5 Å². The van der Waals surface area contributed by atoms with Crippen LogP contribution in [-0.2, 0) is 9.59 Å². The topological polar surface area (TPSA) is 34.1 Å². The first-order valence-electron chi connectivity index (χ1n) is 5.31. The van der Waals surface area contributed by atoms with E-state index in [-0.39, 0.29) is 17.0 Å². The van der Waals surface area contributed by atoms with E-state index >= 15 is 0 Å². The normalized spacial score (nSPS) is 29.5. The lowest BCUT2D eigenvalue weighted by atomic mass is 9.76. The van der Waals surface area contributed by atoms with Crippen LogP contribution in [0.25, 0.3) is 0 Å². The smallest absolute Gasteiger partial charge is 0.178 e. The van der Waals surface area contributed by atoms with E-state index < -0.39 is 4.08 Å². The molecule has 1 heterocycles. The summed E-state index contributed by atoms with van der Waals surface area (Å²) in [5, 5.41) is 0. The van der Waals surface area contributed by atoms with Gasteiger partial charge >= 0.3 is 0 Å². The second-order valence-corrected chi connectivity index (χ2v) is 7.91. The summed E-state index contributed by atoms with van der Waals surface area (Å²) in [6.45, 7) is 4.02.